The topological polar surface area (TPSA) is 76.5 Å². The Balaban J connectivity index is 1.48. The maximum absolute atomic E-state index is 13.6. The number of hydrogen-bond donors (Lipinski definition) is 1. The lowest BCUT2D eigenvalue weighted by Crippen LogP contribution is -2.56. The average molecular weight is 394 g/mol. The number of hydrogen-bond acceptors (Lipinski definition) is 4. The minimum absolute atomic E-state index is 0.0377. The molecule has 2 amide bonds. The van der Waals surface area contributed by atoms with Crippen molar-refractivity contribution < 1.29 is 14.3 Å². The van der Waals surface area contributed by atoms with E-state index in [1.165, 1.54) is 5.69 Å². The van der Waals surface area contributed by atoms with Gasteiger partial charge >= 0.3 is 0 Å². The van der Waals surface area contributed by atoms with Crippen LogP contribution >= 0.6 is 0 Å². The van der Waals surface area contributed by atoms with Gasteiger partial charge < -0.3 is 19.5 Å². The molecule has 5 rings (SSSR count). The molecule has 1 saturated carbocycles. The Labute approximate surface area is 170 Å². The molecule has 0 atom stereocenters. The van der Waals surface area contributed by atoms with Gasteiger partial charge in [0.05, 0.1) is 17.6 Å². The highest BCUT2D eigenvalue weighted by Crippen LogP contribution is 2.42. The van der Waals surface area contributed by atoms with Crippen molar-refractivity contribution >= 4 is 11.8 Å². The lowest BCUT2D eigenvalue weighted by Gasteiger charge is -2.48. The molecule has 1 spiro atoms. The van der Waals surface area contributed by atoms with Crippen LogP contribution in [0.5, 0.6) is 0 Å². The number of ether oxygens (including phenoxy) is 1. The molecule has 7 nitrogen and oxygen atoms in total. The number of nitrogens with one attached hydrogen (secondary N) is 1. The molecule has 3 heterocycles. The van der Waals surface area contributed by atoms with Gasteiger partial charge in [0.1, 0.15) is 0 Å². The summed E-state index contributed by atoms with van der Waals surface area (Å²) in [5.41, 5.74) is 2.87. The van der Waals surface area contributed by atoms with Crippen LogP contribution in [0.25, 0.3) is 0 Å². The third kappa shape index (κ3) is 3.13. The first kappa shape index (κ1) is 18.4. The number of aryl methyl sites for hydroxylation is 1. The fourth-order valence-electron chi connectivity index (χ4n) is 4.66. The minimum Gasteiger partial charge on any atom is -0.381 e. The van der Waals surface area contributed by atoms with Crippen LogP contribution in [0.4, 0.5) is 0 Å². The Kier molecular flexibility index (Phi) is 4.42. The fraction of sp³-hybridized carbons (Fsp3) is 0.500. The molecule has 2 aliphatic heterocycles. The summed E-state index contributed by atoms with van der Waals surface area (Å²) in [6, 6.07) is 7.38. The number of amides is 2. The van der Waals surface area contributed by atoms with Gasteiger partial charge in [0.2, 0.25) is 0 Å². The second-order valence-corrected chi connectivity index (χ2v) is 8.33. The zero-order valence-electron chi connectivity index (χ0n) is 16.7. The first-order chi connectivity index (χ1) is 14.1. The van der Waals surface area contributed by atoms with E-state index in [1.54, 1.807) is 24.3 Å². The van der Waals surface area contributed by atoms with Gasteiger partial charge in [0.15, 0.2) is 0 Å². The molecule has 2 fully saturated rings. The van der Waals surface area contributed by atoms with Crippen molar-refractivity contribution in [3.8, 4) is 0 Å². The quantitative estimate of drug-likeness (QED) is 0.864. The highest BCUT2D eigenvalue weighted by Gasteiger charge is 2.48. The third-order valence-electron chi connectivity index (χ3n) is 6.44. The molecule has 1 saturated heterocycles. The summed E-state index contributed by atoms with van der Waals surface area (Å²) in [5, 5.41) is 3.00. The molecule has 0 bridgehead atoms. The van der Waals surface area contributed by atoms with E-state index in [0.717, 1.165) is 37.8 Å². The molecule has 1 aromatic carbocycles. The van der Waals surface area contributed by atoms with Crippen LogP contribution < -0.4 is 5.32 Å². The van der Waals surface area contributed by atoms with Gasteiger partial charge in [-0.2, -0.15) is 0 Å². The van der Waals surface area contributed by atoms with E-state index in [-0.39, 0.29) is 17.9 Å². The lowest BCUT2D eigenvalue weighted by molar-refractivity contribution is -0.0296. The summed E-state index contributed by atoms with van der Waals surface area (Å²) in [6.45, 7) is 1.87. The van der Waals surface area contributed by atoms with E-state index in [9.17, 15) is 9.59 Å². The van der Waals surface area contributed by atoms with E-state index in [2.05, 4.69) is 9.88 Å². The van der Waals surface area contributed by atoms with Crippen molar-refractivity contribution in [1.82, 2.24) is 19.8 Å². The summed E-state index contributed by atoms with van der Waals surface area (Å²) >= 11 is 0. The molecule has 152 valence electrons. The normalized spacial score (nSPS) is 20.4. The van der Waals surface area contributed by atoms with Crippen LogP contribution in [0.3, 0.4) is 0 Å². The first-order valence-electron chi connectivity index (χ1n) is 10.4. The second-order valence-electron chi connectivity index (χ2n) is 8.33. The van der Waals surface area contributed by atoms with Gasteiger partial charge in [0, 0.05) is 56.1 Å². The number of carbonyl (C=O) groups excluding carboxylic acids is 2. The molecule has 3 aliphatic rings. The van der Waals surface area contributed by atoms with E-state index < -0.39 is 5.54 Å². The van der Waals surface area contributed by atoms with E-state index in [1.807, 2.05) is 18.3 Å². The van der Waals surface area contributed by atoms with Crippen LogP contribution in [0.1, 0.15) is 57.8 Å². The minimum atomic E-state index is -0.434. The van der Waals surface area contributed by atoms with Crippen LogP contribution in [-0.2, 0) is 23.7 Å². The third-order valence-corrected chi connectivity index (χ3v) is 6.44. The lowest BCUT2D eigenvalue weighted by atomic mass is 9.80. The zero-order chi connectivity index (χ0) is 20.0. The zero-order valence-corrected chi connectivity index (χ0v) is 16.7. The molecular formula is C22H26N4O3. The Hall–Kier alpha value is -2.67. The standard InChI is InChI=1S/C22H26N4O3/c1-25-14-23-19-18(25)7-10-26(22(19)8-11-29-12-9-22)21(28)16-4-2-3-15(13-16)20(27)24-17-5-6-17/h2-4,13-14,17H,5-12H2,1H3,(H,24,27). The van der Waals surface area contributed by atoms with Gasteiger partial charge in [0.25, 0.3) is 11.8 Å². The maximum atomic E-state index is 13.6. The highest BCUT2D eigenvalue weighted by molar-refractivity contribution is 6.00. The predicted molar refractivity (Wildman–Crippen MR) is 107 cm³/mol. The van der Waals surface area contributed by atoms with Crippen molar-refractivity contribution in [3.05, 3.63) is 53.1 Å². The van der Waals surface area contributed by atoms with Crippen molar-refractivity contribution in [2.24, 2.45) is 7.05 Å². The molecule has 0 radical (unpaired) electrons. The largest absolute Gasteiger partial charge is 0.381 e. The highest BCUT2D eigenvalue weighted by atomic mass is 16.5. The van der Waals surface area contributed by atoms with Crippen LogP contribution in [0.2, 0.25) is 0 Å². The van der Waals surface area contributed by atoms with Gasteiger partial charge in [-0.1, -0.05) is 6.07 Å². The maximum Gasteiger partial charge on any atom is 0.254 e. The molecule has 1 aromatic heterocycles. The van der Waals surface area contributed by atoms with Crippen LogP contribution in [0.15, 0.2) is 30.6 Å². The number of rotatable bonds is 3. The molecule has 1 aliphatic carbocycles. The monoisotopic (exact) mass is 394 g/mol. The molecule has 1 N–H and O–H groups in total. The van der Waals surface area contributed by atoms with Crippen LogP contribution in [0, 0.1) is 0 Å². The summed E-state index contributed by atoms with van der Waals surface area (Å²) in [7, 11) is 2.01. The SMILES string of the molecule is Cn1cnc2c1CCN(C(=O)c1cccc(C(=O)NC3CC3)c1)C21CCOCC1. The average Bonchev–Trinajstić information content (AvgIpc) is 3.48. The molecular weight excluding hydrogens is 368 g/mol. The smallest absolute Gasteiger partial charge is 0.254 e. The Bertz CT molecular complexity index is 957. The number of aromatic nitrogens is 2. The van der Waals surface area contributed by atoms with Gasteiger partial charge in [-0.3, -0.25) is 9.59 Å². The number of fused-ring (bicyclic) bond motifs is 2. The van der Waals surface area contributed by atoms with E-state index >= 15 is 0 Å². The Morgan fingerprint density at radius 2 is 1.97 bits per heavy atom. The fourth-order valence-corrected chi connectivity index (χ4v) is 4.66. The number of nitrogens with zero attached hydrogens (tertiary/aromatic N) is 3. The number of carbonyl (C=O) groups is 2. The van der Waals surface area contributed by atoms with Gasteiger partial charge in [-0.05, 0) is 43.9 Å². The van der Waals surface area contributed by atoms with Gasteiger partial charge in [-0.25, -0.2) is 4.98 Å². The summed E-state index contributed by atoms with van der Waals surface area (Å²) in [4.78, 5) is 32.7. The number of benzene rings is 1. The van der Waals surface area contributed by atoms with Crippen molar-refractivity contribution in [2.45, 2.75) is 43.7 Å². The second kappa shape index (κ2) is 6.99. The van der Waals surface area contributed by atoms with E-state index in [4.69, 9.17) is 9.72 Å². The predicted octanol–water partition coefficient (Wildman–Crippen LogP) is 2.02. The Morgan fingerprint density at radius 3 is 2.72 bits per heavy atom. The summed E-state index contributed by atoms with van der Waals surface area (Å²) < 4.78 is 7.69. The molecule has 0 unspecified atom stereocenters. The van der Waals surface area contributed by atoms with Crippen molar-refractivity contribution in [3.63, 3.8) is 0 Å². The Morgan fingerprint density at radius 1 is 1.21 bits per heavy atom. The van der Waals surface area contributed by atoms with Crippen molar-refractivity contribution in [1.29, 1.82) is 0 Å². The molecule has 2 aromatic rings. The summed E-state index contributed by atoms with van der Waals surface area (Å²) in [6.07, 6.45) is 6.18. The first-order valence-corrected chi connectivity index (χ1v) is 10.4. The molecule has 29 heavy (non-hydrogen) atoms. The van der Waals surface area contributed by atoms with Crippen LogP contribution in [-0.4, -0.2) is 52.1 Å². The van der Waals surface area contributed by atoms with Crippen molar-refractivity contribution in [2.75, 3.05) is 19.8 Å². The number of imidazole rings is 1. The summed E-state index contributed by atoms with van der Waals surface area (Å²) in [5.74, 6) is -0.141. The van der Waals surface area contributed by atoms with E-state index in [0.29, 0.717) is 30.9 Å². The van der Waals surface area contributed by atoms with Gasteiger partial charge in [-0.15, -0.1) is 0 Å². The molecule has 7 heteroatoms.